The third-order valence-corrected chi connectivity index (χ3v) is 7.36. The van der Waals surface area contributed by atoms with Crippen LogP contribution in [0.3, 0.4) is 0 Å². The lowest BCUT2D eigenvalue weighted by Gasteiger charge is -2.35. The average Bonchev–Trinajstić information content (AvgIpc) is 3.33. The summed E-state index contributed by atoms with van der Waals surface area (Å²) in [6, 6.07) is 33.0. The molecule has 37 heavy (non-hydrogen) atoms. The summed E-state index contributed by atoms with van der Waals surface area (Å²) in [6.07, 6.45) is 2.32. The van der Waals surface area contributed by atoms with Crippen molar-refractivity contribution in [3.63, 3.8) is 0 Å². The number of carbonyl (C=O) groups is 1. The van der Waals surface area contributed by atoms with Gasteiger partial charge in [0.25, 0.3) is 0 Å². The lowest BCUT2D eigenvalue weighted by Crippen LogP contribution is -2.48. The zero-order valence-corrected chi connectivity index (χ0v) is 21.5. The molecule has 1 atom stereocenters. The number of piperidine rings is 1. The van der Waals surface area contributed by atoms with Crippen molar-refractivity contribution in [3.05, 3.63) is 103 Å². The molecule has 2 N–H and O–H groups in total. The average molecular weight is 511 g/mol. The van der Waals surface area contributed by atoms with Crippen molar-refractivity contribution in [3.8, 4) is 11.4 Å². The van der Waals surface area contributed by atoms with E-state index in [0.717, 1.165) is 40.8 Å². The fraction of sp³-hybridized carbons (Fsp3) is 0.226. The Morgan fingerprint density at radius 2 is 1.54 bits per heavy atom. The second kappa shape index (κ2) is 10.8. The number of nitrogens with two attached hydrogens (primary N) is 1. The number of hydrogen-bond acceptors (Lipinski definition) is 3. The first-order valence-corrected chi connectivity index (χ1v) is 12.7. The van der Waals surface area contributed by atoms with E-state index >= 15 is 0 Å². The molecule has 0 aliphatic carbocycles. The number of imidazole rings is 1. The first kappa shape index (κ1) is 25.0. The van der Waals surface area contributed by atoms with Crippen molar-refractivity contribution in [2.75, 3.05) is 13.1 Å². The maximum absolute atomic E-state index is 13.2. The van der Waals surface area contributed by atoms with Crippen molar-refractivity contribution in [2.24, 2.45) is 5.73 Å². The summed E-state index contributed by atoms with van der Waals surface area (Å²) in [7, 11) is 0. The molecule has 2 heterocycles. The molecule has 6 rings (SSSR count). The van der Waals surface area contributed by atoms with E-state index in [4.69, 9.17) is 10.7 Å². The minimum absolute atomic E-state index is 0. The molecular formula is C31H31ClN4O. The zero-order chi connectivity index (χ0) is 24.5. The standard InChI is InChI=1S/C31H30N4O.ClH/c32-27(21-22-14-15-23-8-4-5-11-25(23)20-22)31(36)34-18-16-26(17-19-34)35-29-13-7-6-12-28(29)33-30(35)24-9-2-1-3-10-24;/h1-15,20,26-27H,16-19,21,32H2;1H. The number of para-hydroxylation sites is 2. The van der Waals surface area contributed by atoms with Crippen LogP contribution in [0.1, 0.15) is 24.4 Å². The highest BCUT2D eigenvalue weighted by atomic mass is 35.5. The van der Waals surface area contributed by atoms with Crippen LogP contribution in [-0.2, 0) is 11.2 Å². The van der Waals surface area contributed by atoms with E-state index in [-0.39, 0.29) is 24.4 Å². The predicted octanol–water partition coefficient (Wildman–Crippen LogP) is 6.01. The van der Waals surface area contributed by atoms with Gasteiger partial charge in [0.15, 0.2) is 0 Å². The molecule has 0 bridgehead atoms. The van der Waals surface area contributed by atoms with Gasteiger partial charge in [0, 0.05) is 24.7 Å². The van der Waals surface area contributed by atoms with E-state index in [2.05, 4.69) is 77.4 Å². The van der Waals surface area contributed by atoms with Crippen LogP contribution < -0.4 is 5.73 Å². The van der Waals surface area contributed by atoms with Crippen LogP contribution in [0.25, 0.3) is 33.2 Å². The molecule has 0 spiro atoms. The number of halogens is 1. The Morgan fingerprint density at radius 3 is 2.32 bits per heavy atom. The van der Waals surface area contributed by atoms with Gasteiger partial charge in [-0.15, -0.1) is 12.4 Å². The number of aromatic nitrogens is 2. The summed E-state index contributed by atoms with van der Waals surface area (Å²) in [5.74, 6) is 1.04. The van der Waals surface area contributed by atoms with Crippen molar-refractivity contribution >= 4 is 40.1 Å². The molecule has 1 aliphatic heterocycles. The Morgan fingerprint density at radius 1 is 0.865 bits per heavy atom. The van der Waals surface area contributed by atoms with Gasteiger partial charge in [-0.1, -0.05) is 84.9 Å². The van der Waals surface area contributed by atoms with E-state index in [1.165, 1.54) is 10.8 Å². The van der Waals surface area contributed by atoms with Crippen molar-refractivity contribution in [1.82, 2.24) is 14.5 Å². The second-order valence-electron chi connectivity index (χ2n) is 9.71. The molecule has 5 nitrogen and oxygen atoms in total. The lowest BCUT2D eigenvalue weighted by molar-refractivity contribution is -0.133. The molecule has 1 unspecified atom stereocenters. The van der Waals surface area contributed by atoms with Crippen LogP contribution in [0, 0.1) is 0 Å². The predicted molar refractivity (Wildman–Crippen MR) is 153 cm³/mol. The Labute approximate surface area is 223 Å². The molecule has 1 fully saturated rings. The van der Waals surface area contributed by atoms with Crippen molar-refractivity contribution < 1.29 is 4.79 Å². The van der Waals surface area contributed by atoms with E-state index in [1.54, 1.807) is 0 Å². The summed E-state index contributed by atoms with van der Waals surface area (Å²) >= 11 is 0. The number of fused-ring (bicyclic) bond motifs is 2. The number of amides is 1. The topological polar surface area (TPSA) is 64.2 Å². The monoisotopic (exact) mass is 510 g/mol. The molecule has 1 saturated heterocycles. The minimum Gasteiger partial charge on any atom is -0.341 e. The Bertz CT molecular complexity index is 1520. The highest BCUT2D eigenvalue weighted by molar-refractivity contribution is 5.86. The van der Waals surface area contributed by atoms with Crippen LogP contribution in [0.2, 0.25) is 0 Å². The van der Waals surface area contributed by atoms with Gasteiger partial charge in [0.1, 0.15) is 5.82 Å². The van der Waals surface area contributed by atoms with Gasteiger partial charge in [-0.25, -0.2) is 4.98 Å². The van der Waals surface area contributed by atoms with E-state index in [1.807, 2.05) is 29.2 Å². The summed E-state index contributed by atoms with van der Waals surface area (Å²) in [5, 5.41) is 2.38. The van der Waals surface area contributed by atoms with Crippen LogP contribution >= 0.6 is 12.4 Å². The maximum atomic E-state index is 13.2. The first-order valence-electron chi connectivity index (χ1n) is 12.7. The summed E-state index contributed by atoms with van der Waals surface area (Å²) < 4.78 is 2.38. The van der Waals surface area contributed by atoms with Crippen molar-refractivity contribution in [1.29, 1.82) is 0 Å². The maximum Gasteiger partial charge on any atom is 0.239 e. The third-order valence-electron chi connectivity index (χ3n) is 7.36. The fourth-order valence-electron chi connectivity index (χ4n) is 5.49. The molecule has 4 aromatic carbocycles. The van der Waals surface area contributed by atoms with Gasteiger partial charge in [-0.3, -0.25) is 4.79 Å². The summed E-state index contributed by atoms with van der Waals surface area (Å²) in [6.45, 7) is 1.41. The number of hydrogen-bond donors (Lipinski definition) is 1. The highest BCUT2D eigenvalue weighted by Crippen LogP contribution is 2.33. The summed E-state index contributed by atoms with van der Waals surface area (Å²) in [5.41, 5.74) is 10.8. The lowest BCUT2D eigenvalue weighted by atomic mass is 9.99. The largest absolute Gasteiger partial charge is 0.341 e. The molecule has 0 radical (unpaired) electrons. The number of benzene rings is 4. The van der Waals surface area contributed by atoms with E-state index in [9.17, 15) is 4.79 Å². The summed E-state index contributed by atoms with van der Waals surface area (Å²) in [4.78, 5) is 20.2. The molecule has 188 valence electrons. The quantitative estimate of drug-likeness (QED) is 0.315. The van der Waals surface area contributed by atoms with Gasteiger partial charge in [-0.2, -0.15) is 0 Å². The zero-order valence-electron chi connectivity index (χ0n) is 20.7. The van der Waals surface area contributed by atoms with Gasteiger partial charge in [0.05, 0.1) is 17.1 Å². The smallest absolute Gasteiger partial charge is 0.239 e. The Hall–Kier alpha value is -3.67. The molecular weight excluding hydrogens is 480 g/mol. The number of likely N-dealkylation sites (tertiary alicyclic amines) is 1. The van der Waals surface area contributed by atoms with Gasteiger partial charge >= 0.3 is 0 Å². The Balaban J connectivity index is 0.00000280. The molecule has 5 aromatic rings. The highest BCUT2D eigenvalue weighted by Gasteiger charge is 2.29. The van der Waals surface area contributed by atoms with Crippen LogP contribution in [0.4, 0.5) is 0 Å². The minimum atomic E-state index is -0.531. The molecule has 1 aliphatic rings. The van der Waals surface area contributed by atoms with Gasteiger partial charge < -0.3 is 15.2 Å². The van der Waals surface area contributed by atoms with E-state index < -0.39 is 6.04 Å². The molecule has 1 amide bonds. The molecule has 0 saturated carbocycles. The molecule has 6 heteroatoms. The fourth-order valence-corrected chi connectivity index (χ4v) is 5.49. The van der Waals surface area contributed by atoms with Crippen LogP contribution in [-0.4, -0.2) is 39.5 Å². The van der Waals surface area contributed by atoms with Crippen LogP contribution in [0.15, 0.2) is 97.1 Å². The first-order chi connectivity index (χ1) is 17.7. The Kier molecular flexibility index (Phi) is 7.26. The van der Waals surface area contributed by atoms with Crippen LogP contribution in [0.5, 0.6) is 0 Å². The number of nitrogens with zero attached hydrogens (tertiary/aromatic N) is 3. The second-order valence-corrected chi connectivity index (χ2v) is 9.71. The number of carbonyl (C=O) groups excluding carboxylic acids is 1. The van der Waals surface area contributed by atoms with Crippen molar-refractivity contribution in [2.45, 2.75) is 31.3 Å². The SMILES string of the molecule is Cl.NC(Cc1ccc2ccccc2c1)C(=O)N1CCC(n2c(-c3ccccc3)nc3ccccc32)CC1. The third kappa shape index (κ3) is 4.97. The van der Waals surface area contributed by atoms with Gasteiger partial charge in [0.2, 0.25) is 5.91 Å². The number of rotatable bonds is 5. The normalized spacial score (nSPS) is 15.0. The van der Waals surface area contributed by atoms with Gasteiger partial charge in [-0.05, 0) is 47.7 Å². The molecule has 1 aromatic heterocycles. The van der Waals surface area contributed by atoms with E-state index in [0.29, 0.717) is 19.5 Å².